The number of ether oxygens (including phenoxy) is 2. The van der Waals surface area contributed by atoms with Crippen LogP contribution in [0.15, 0.2) is 52.1 Å². The van der Waals surface area contributed by atoms with Crippen molar-refractivity contribution >= 4 is 11.0 Å². The molecule has 1 saturated heterocycles. The summed E-state index contributed by atoms with van der Waals surface area (Å²) in [6, 6.07) is 13.9. The first-order chi connectivity index (χ1) is 18.8. The molecule has 10 nitrogen and oxygen atoms in total. The standard InChI is InChI=1S/C29H38N6O4/c1-19(2)25(39-26-17-22(38-4)10-9-20(26)3)13-16-33-14-11-21(12-15-33)35-24-8-6-5-7-23(24)34(29(35)37)18-27-30-28(36)32-31-27/h5-10,17,19,21,25H,11-16,18H2,1-4H3,(H2,30,31,32,36). The Balaban J connectivity index is 1.25. The molecule has 39 heavy (non-hydrogen) atoms. The van der Waals surface area contributed by atoms with Gasteiger partial charge in [0.25, 0.3) is 0 Å². The van der Waals surface area contributed by atoms with Crippen LogP contribution in [0.5, 0.6) is 11.5 Å². The third kappa shape index (κ3) is 5.80. The average molecular weight is 535 g/mol. The van der Waals surface area contributed by atoms with Crippen LogP contribution >= 0.6 is 0 Å². The third-order valence-electron chi connectivity index (χ3n) is 7.80. The van der Waals surface area contributed by atoms with E-state index in [4.69, 9.17) is 9.47 Å². The van der Waals surface area contributed by atoms with E-state index in [1.165, 1.54) is 0 Å². The van der Waals surface area contributed by atoms with E-state index in [1.807, 2.05) is 47.0 Å². The summed E-state index contributed by atoms with van der Waals surface area (Å²) in [5.74, 6) is 2.49. The highest BCUT2D eigenvalue weighted by Crippen LogP contribution is 2.29. The van der Waals surface area contributed by atoms with Crippen LogP contribution < -0.4 is 20.9 Å². The van der Waals surface area contributed by atoms with Gasteiger partial charge < -0.3 is 14.4 Å². The number of hydrogen-bond acceptors (Lipinski definition) is 6. The fourth-order valence-corrected chi connectivity index (χ4v) is 5.50. The van der Waals surface area contributed by atoms with Crippen LogP contribution in [0.25, 0.3) is 11.0 Å². The first-order valence-corrected chi connectivity index (χ1v) is 13.7. The van der Waals surface area contributed by atoms with Crippen molar-refractivity contribution in [1.29, 1.82) is 0 Å². The Bertz CT molecular complexity index is 1520. The van der Waals surface area contributed by atoms with Crippen LogP contribution in [0, 0.1) is 12.8 Å². The molecule has 2 aromatic heterocycles. The van der Waals surface area contributed by atoms with Crippen molar-refractivity contribution in [3.05, 3.63) is 74.8 Å². The molecule has 0 aliphatic carbocycles. The molecule has 5 rings (SSSR count). The van der Waals surface area contributed by atoms with Gasteiger partial charge >= 0.3 is 11.4 Å². The maximum Gasteiger partial charge on any atom is 0.340 e. The first-order valence-electron chi connectivity index (χ1n) is 13.7. The zero-order chi connectivity index (χ0) is 27.5. The van der Waals surface area contributed by atoms with Gasteiger partial charge in [-0.2, -0.15) is 5.10 Å². The average Bonchev–Trinajstić information content (AvgIpc) is 3.47. The predicted octanol–water partition coefficient (Wildman–Crippen LogP) is 3.71. The fraction of sp³-hybridized carbons (Fsp3) is 0.483. The highest BCUT2D eigenvalue weighted by atomic mass is 16.5. The molecule has 2 N–H and O–H groups in total. The molecular weight excluding hydrogens is 496 g/mol. The highest BCUT2D eigenvalue weighted by Gasteiger charge is 2.26. The summed E-state index contributed by atoms with van der Waals surface area (Å²) in [6.45, 7) is 9.47. The summed E-state index contributed by atoms with van der Waals surface area (Å²) in [4.78, 5) is 30.2. The van der Waals surface area contributed by atoms with Gasteiger partial charge in [0.05, 0.1) is 24.7 Å². The molecular formula is C29H38N6O4. The molecule has 0 bridgehead atoms. The van der Waals surface area contributed by atoms with Gasteiger partial charge in [0.1, 0.15) is 17.6 Å². The molecule has 1 atom stereocenters. The molecule has 10 heteroatoms. The molecule has 1 fully saturated rings. The molecule has 1 unspecified atom stereocenters. The molecule has 0 spiro atoms. The van der Waals surface area contributed by atoms with Gasteiger partial charge in [-0.05, 0) is 55.9 Å². The van der Waals surface area contributed by atoms with E-state index in [-0.39, 0.29) is 30.1 Å². The molecule has 0 saturated carbocycles. The molecule has 3 heterocycles. The van der Waals surface area contributed by atoms with Gasteiger partial charge in [-0.25, -0.2) is 14.7 Å². The number of aryl methyl sites for hydroxylation is 1. The van der Waals surface area contributed by atoms with E-state index in [9.17, 15) is 9.59 Å². The fourth-order valence-electron chi connectivity index (χ4n) is 5.50. The van der Waals surface area contributed by atoms with Crippen molar-refractivity contribution in [2.45, 2.75) is 58.7 Å². The topological polar surface area (TPSA) is 110 Å². The third-order valence-corrected chi connectivity index (χ3v) is 7.80. The number of nitrogens with zero attached hydrogens (tertiary/aromatic N) is 4. The lowest BCUT2D eigenvalue weighted by molar-refractivity contribution is 0.109. The van der Waals surface area contributed by atoms with Crippen LogP contribution in [0.4, 0.5) is 0 Å². The molecule has 0 radical (unpaired) electrons. The van der Waals surface area contributed by atoms with Crippen LogP contribution in [0.1, 0.15) is 50.5 Å². The number of H-pyrrole nitrogens is 2. The Labute approximate surface area is 227 Å². The summed E-state index contributed by atoms with van der Waals surface area (Å²) in [7, 11) is 1.67. The second kappa shape index (κ2) is 11.5. The number of imidazole rings is 1. The number of fused-ring (bicyclic) bond motifs is 1. The minimum Gasteiger partial charge on any atom is -0.497 e. The summed E-state index contributed by atoms with van der Waals surface area (Å²) in [6.07, 6.45) is 2.83. The lowest BCUT2D eigenvalue weighted by Crippen LogP contribution is -2.40. The zero-order valence-electron chi connectivity index (χ0n) is 23.1. The SMILES string of the molecule is COc1ccc(C)c(OC(CCN2CCC(n3c(=O)n(Cc4n[nH]c(=O)[nH]4)c4ccccc43)CC2)C(C)C)c1. The Kier molecular flexibility index (Phi) is 7.92. The van der Waals surface area contributed by atoms with E-state index in [1.54, 1.807) is 11.7 Å². The number of aromatic amines is 2. The molecule has 4 aromatic rings. The molecule has 0 amide bonds. The Morgan fingerprint density at radius 3 is 2.49 bits per heavy atom. The van der Waals surface area contributed by atoms with Crippen molar-refractivity contribution in [1.82, 2.24) is 29.2 Å². The summed E-state index contributed by atoms with van der Waals surface area (Å²) >= 11 is 0. The number of hydrogen-bond donors (Lipinski definition) is 2. The van der Waals surface area contributed by atoms with Gasteiger partial charge in [0.2, 0.25) is 0 Å². The number of para-hydroxylation sites is 2. The van der Waals surface area contributed by atoms with Gasteiger partial charge in [0, 0.05) is 31.7 Å². The number of methoxy groups -OCH3 is 1. The second-order valence-electron chi connectivity index (χ2n) is 10.7. The monoisotopic (exact) mass is 534 g/mol. The van der Waals surface area contributed by atoms with Crippen molar-refractivity contribution < 1.29 is 9.47 Å². The van der Waals surface area contributed by atoms with Crippen molar-refractivity contribution in [2.75, 3.05) is 26.7 Å². The van der Waals surface area contributed by atoms with Crippen LogP contribution in [0.2, 0.25) is 0 Å². The second-order valence-corrected chi connectivity index (χ2v) is 10.7. The Morgan fingerprint density at radius 2 is 1.82 bits per heavy atom. The maximum absolute atomic E-state index is 13.6. The van der Waals surface area contributed by atoms with E-state index in [0.717, 1.165) is 67.0 Å². The minimum atomic E-state index is -0.377. The summed E-state index contributed by atoms with van der Waals surface area (Å²) in [5, 5.41) is 6.37. The summed E-state index contributed by atoms with van der Waals surface area (Å²) in [5.41, 5.74) is 2.42. The van der Waals surface area contributed by atoms with Crippen LogP contribution in [-0.2, 0) is 6.54 Å². The minimum absolute atomic E-state index is 0.0690. The number of nitrogens with one attached hydrogen (secondary N) is 2. The molecule has 2 aromatic carbocycles. The van der Waals surface area contributed by atoms with Crippen LogP contribution in [0.3, 0.4) is 0 Å². The van der Waals surface area contributed by atoms with E-state index in [2.05, 4.69) is 40.9 Å². The zero-order valence-corrected chi connectivity index (χ0v) is 23.1. The quantitative estimate of drug-likeness (QED) is 0.321. The number of benzene rings is 2. The molecule has 1 aliphatic heterocycles. The van der Waals surface area contributed by atoms with Gasteiger partial charge in [-0.15, -0.1) is 0 Å². The largest absolute Gasteiger partial charge is 0.497 e. The lowest BCUT2D eigenvalue weighted by atomic mass is 10.0. The van der Waals surface area contributed by atoms with E-state index >= 15 is 0 Å². The van der Waals surface area contributed by atoms with E-state index in [0.29, 0.717) is 11.7 Å². The van der Waals surface area contributed by atoms with Crippen molar-refractivity contribution in [3.63, 3.8) is 0 Å². The Hall–Kier alpha value is -3.79. The van der Waals surface area contributed by atoms with Crippen molar-refractivity contribution in [2.24, 2.45) is 5.92 Å². The highest BCUT2D eigenvalue weighted by molar-refractivity contribution is 5.76. The van der Waals surface area contributed by atoms with Gasteiger partial charge in [0.15, 0.2) is 5.82 Å². The molecule has 208 valence electrons. The normalized spacial score (nSPS) is 15.7. The molecule has 1 aliphatic rings. The lowest BCUT2D eigenvalue weighted by Gasteiger charge is -2.34. The van der Waals surface area contributed by atoms with Gasteiger partial charge in [-0.1, -0.05) is 32.0 Å². The first kappa shape index (κ1) is 26.8. The summed E-state index contributed by atoms with van der Waals surface area (Å²) < 4.78 is 15.5. The van der Waals surface area contributed by atoms with E-state index < -0.39 is 0 Å². The number of piperidine rings is 1. The van der Waals surface area contributed by atoms with Crippen molar-refractivity contribution in [3.8, 4) is 11.5 Å². The van der Waals surface area contributed by atoms with Crippen LogP contribution in [-0.4, -0.2) is 62.1 Å². The van der Waals surface area contributed by atoms with Gasteiger partial charge in [-0.3, -0.25) is 14.1 Å². The predicted molar refractivity (Wildman–Crippen MR) is 151 cm³/mol. The number of likely N-dealkylation sites (tertiary alicyclic amines) is 1. The number of aromatic nitrogens is 5. The Morgan fingerprint density at radius 1 is 1.08 bits per heavy atom. The number of rotatable bonds is 10. The maximum atomic E-state index is 13.6. The smallest absolute Gasteiger partial charge is 0.340 e.